The lowest BCUT2D eigenvalue weighted by Crippen LogP contribution is -2.28. The van der Waals surface area contributed by atoms with Crippen LogP contribution in [0.1, 0.15) is 54.4 Å². The zero-order chi connectivity index (χ0) is 15.0. The van der Waals surface area contributed by atoms with Crippen LogP contribution >= 0.6 is 0 Å². The highest BCUT2D eigenvalue weighted by Crippen LogP contribution is 2.35. The van der Waals surface area contributed by atoms with Crippen LogP contribution in [0, 0.1) is 5.41 Å². The molecule has 2 heteroatoms. The summed E-state index contributed by atoms with van der Waals surface area (Å²) < 4.78 is 2.25. The van der Waals surface area contributed by atoms with Crippen molar-refractivity contribution in [2.45, 2.75) is 46.6 Å². The SMILES string of the molecule is CCc1ccc(Cn2ccc3c2CC(C)(C)CC3=O)cc1. The van der Waals surface area contributed by atoms with Gasteiger partial charge in [-0.1, -0.05) is 45.0 Å². The zero-order valence-corrected chi connectivity index (χ0v) is 13.1. The van der Waals surface area contributed by atoms with Crippen LogP contribution in [0.5, 0.6) is 0 Å². The van der Waals surface area contributed by atoms with Crippen LogP contribution in [-0.4, -0.2) is 10.4 Å². The quantitative estimate of drug-likeness (QED) is 0.824. The molecule has 0 spiro atoms. The van der Waals surface area contributed by atoms with E-state index in [0.29, 0.717) is 12.2 Å². The van der Waals surface area contributed by atoms with E-state index in [9.17, 15) is 4.79 Å². The Morgan fingerprint density at radius 2 is 1.71 bits per heavy atom. The van der Waals surface area contributed by atoms with Gasteiger partial charge in [0, 0.05) is 30.4 Å². The molecule has 0 bridgehead atoms. The molecule has 0 amide bonds. The summed E-state index contributed by atoms with van der Waals surface area (Å²) in [6.07, 6.45) is 4.78. The molecular formula is C19H23NO. The number of carbonyl (C=O) groups excluding carboxylic acids is 1. The summed E-state index contributed by atoms with van der Waals surface area (Å²) in [5.74, 6) is 0.293. The Morgan fingerprint density at radius 1 is 1.05 bits per heavy atom. The number of aryl methyl sites for hydroxylation is 1. The molecule has 0 fully saturated rings. The molecule has 2 aromatic rings. The van der Waals surface area contributed by atoms with Crippen molar-refractivity contribution in [3.8, 4) is 0 Å². The molecule has 1 heterocycles. The van der Waals surface area contributed by atoms with Crippen molar-refractivity contribution in [3.05, 3.63) is 58.9 Å². The van der Waals surface area contributed by atoms with E-state index in [1.807, 2.05) is 6.07 Å². The fourth-order valence-corrected chi connectivity index (χ4v) is 3.23. The molecule has 1 aliphatic carbocycles. The van der Waals surface area contributed by atoms with Gasteiger partial charge in [-0.3, -0.25) is 4.79 Å². The van der Waals surface area contributed by atoms with Gasteiger partial charge in [0.05, 0.1) is 0 Å². The fourth-order valence-electron chi connectivity index (χ4n) is 3.23. The van der Waals surface area contributed by atoms with Crippen molar-refractivity contribution >= 4 is 5.78 Å². The molecule has 0 N–H and O–H groups in total. The lowest BCUT2D eigenvalue weighted by Gasteiger charge is -2.29. The molecule has 0 saturated carbocycles. The van der Waals surface area contributed by atoms with E-state index in [4.69, 9.17) is 0 Å². The first-order valence-corrected chi connectivity index (χ1v) is 7.77. The molecule has 3 rings (SSSR count). The number of nitrogens with zero attached hydrogens (tertiary/aromatic N) is 1. The predicted octanol–water partition coefficient (Wildman–Crippen LogP) is 4.25. The number of benzene rings is 1. The van der Waals surface area contributed by atoms with Crippen molar-refractivity contribution in [1.82, 2.24) is 4.57 Å². The highest BCUT2D eigenvalue weighted by molar-refractivity contribution is 5.98. The second-order valence-corrected chi connectivity index (χ2v) is 6.92. The highest BCUT2D eigenvalue weighted by Gasteiger charge is 2.32. The van der Waals surface area contributed by atoms with Crippen LogP contribution in [0.4, 0.5) is 0 Å². The van der Waals surface area contributed by atoms with Crippen molar-refractivity contribution in [3.63, 3.8) is 0 Å². The molecule has 1 aromatic carbocycles. The van der Waals surface area contributed by atoms with E-state index in [0.717, 1.165) is 24.9 Å². The molecule has 0 radical (unpaired) electrons. The molecule has 21 heavy (non-hydrogen) atoms. The first-order valence-electron chi connectivity index (χ1n) is 7.77. The van der Waals surface area contributed by atoms with E-state index in [1.54, 1.807) is 0 Å². The average molecular weight is 281 g/mol. The zero-order valence-electron chi connectivity index (χ0n) is 13.1. The monoisotopic (exact) mass is 281 g/mol. The number of Topliss-reactive ketones (excluding diaryl/α,β-unsaturated/α-hetero) is 1. The average Bonchev–Trinajstić information content (AvgIpc) is 2.81. The van der Waals surface area contributed by atoms with Gasteiger partial charge < -0.3 is 4.57 Å². The second kappa shape index (κ2) is 5.18. The Kier molecular flexibility index (Phi) is 3.48. The van der Waals surface area contributed by atoms with Gasteiger partial charge in [-0.05, 0) is 35.4 Å². The maximum atomic E-state index is 12.2. The second-order valence-electron chi connectivity index (χ2n) is 6.92. The third-order valence-electron chi connectivity index (χ3n) is 4.45. The number of aromatic nitrogens is 1. The minimum atomic E-state index is 0.0756. The van der Waals surface area contributed by atoms with Gasteiger partial charge >= 0.3 is 0 Å². The summed E-state index contributed by atoms with van der Waals surface area (Å²) in [5.41, 5.74) is 4.87. The predicted molar refractivity (Wildman–Crippen MR) is 85.8 cm³/mol. The van der Waals surface area contributed by atoms with E-state index in [2.05, 4.69) is 55.8 Å². The Hall–Kier alpha value is -1.83. The fraction of sp³-hybridized carbons (Fsp3) is 0.421. The van der Waals surface area contributed by atoms with Gasteiger partial charge in [0.15, 0.2) is 5.78 Å². The van der Waals surface area contributed by atoms with Crippen LogP contribution in [0.2, 0.25) is 0 Å². The molecule has 2 nitrogen and oxygen atoms in total. The summed E-state index contributed by atoms with van der Waals surface area (Å²) in [6, 6.07) is 10.8. The van der Waals surface area contributed by atoms with Crippen LogP contribution < -0.4 is 0 Å². The molecule has 1 aliphatic rings. The minimum Gasteiger partial charge on any atom is -0.346 e. The Bertz CT molecular complexity index is 661. The van der Waals surface area contributed by atoms with Crippen LogP contribution in [0.3, 0.4) is 0 Å². The van der Waals surface area contributed by atoms with Crippen molar-refractivity contribution in [2.24, 2.45) is 5.41 Å². The molecule has 1 aromatic heterocycles. The van der Waals surface area contributed by atoms with Crippen LogP contribution in [-0.2, 0) is 19.4 Å². The summed E-state index contributed by atoms with van der Waals surface area (Å²) in [4.78, 5) is 12.2. The van der Waals surface area contributed by atoms with E-state index in [1.165, 1.54) is 16.8 Å². The van der Waals surface area contributed by atoms with Gasteiger partial charge in [-0.15, -0.1) is 0 Å². The molecule has 0 aliphatic heterocycles. The van der Waals surface area contributed by atoms with Gasteiger partial charge in [0.2, 0.25) is 0 Å². The number of hydrogen-bond acceptors (Lipinski definition) is 1. The van der Waals surface area contributed by atoms with E-state index < -0.39 is 0 Å². The first kappa shape index (κ1) is 14.1. The molecule has 0 unspecified atom stereocenters. The normalized spacial score (nSPS) is 16.8. The van der Waals surface area contributed by atoms with Gasteiger partial charge in [-0.2, -0.15) is 0 Å². The lowest BCUT2D eigenvalue weighted by atomic mass is 9.76. The summed E-state index contributed by atoms with van der Waals surface area (Å²) >= 11 is 0. The Balaban J connectivity index is 1.88. The highest BCUT2D eigenvalue weighted by atomic mass is 16.1. The van der Waals surface area contributed by atoms with Gasteiger partial charge in [0.1, 0.15) is 0 Å². The minimum absolute atomic E-state index is 0.0756. The first-order chi connectivity index (χ1) is 9.98. The van der Waals surface area contributed by atoms with Crippen molar-refractivity contribution in [1.29, 1.82) is 0 Å². The van der Waals surface area contributed by atoms with Gasteiger partial charge in [0.25, 0.3) is 0 Å². The molecule has 0 atom stereocenters. The molecule has 0 saturated heterocycles. The maximum Gasteiger partial charge on any atom is 0.165 e. The topological polar surface area (TPSA) is 22.0 Å². The number of rotatable bonds is 3. The van der Waals surface area contributed by atoms with E-state index >= 15 is 0 Å². The standard InChI is InChI=1S/C19H23NO/c1-4-14-5-7-15(8-6-14)13-20-10-9-16-17(20)11-19(2,3)12-18(16)21/h5-10H,4,11-13H2,1-3H3. The lowest BCUT2D eigenvalue weighted by molar-refractivity contribution is 0.0910. The molecular weight excluding hydrogens is 258 g/mol. The maximum absolute atomic E-state index is 12.2. The van der Waals surface area contributed by atoms with Crippen LogP contribution in [0.15, 0.2) is 36.5 Å². The van der Waals surface area contributed by atoms with Crippen LogP contribution in [0.25, 0.3) is 0 Å². The van der Waals surface area contributed by atoms with E-state index in [-0.39, 0.29) is 5.41 Å². The number of ketones is 1. The Labute approximate surface area is 126 Å². The smallest absolute Gasteiger partial charge is 0.165 e. The third-order valence-corrected chi connectivity index (χ3v) is 4.45. The summed E-state index contributed by atoms with van der Waals surface area (Å²) in [5, 5.41) is 0. The number of fused-ring (bicyclic) bond motifs is 1. The number of hydrogen-bond donors (Lipinski definition) is 0. The van der Waals surface area contributed by atoms with Gasteiger partial charge in [-0.25, -0.2) is 0 Å². The largest absolute Gasteiger partial charge is 0.346 e. The summed E-state index contributed by atoms with van der Waals surface area (Å²) in [6.45, 7) is 7.39. The summed E-state index contributed by atoms with van der Waals surface area (Å²) in [7, 11) is 0. The van der Waals surface area contributed by atoms with Crippen molar-refractivity contribution < 1.29 is 4.79 Å². The third kappa shape index (κ3) is 2.80. The number of carbonyl (C=O) groups is 1. The Morgan fingerprint density at radius 3 is 2.38 bits per heavy atom. The molecule has 110 valence electrons. The van der Waals surface area contributed by atoms with Crippen molar-refractivity contribution in [2.75, 3.05) is 0 Å².